The molecule has 0 aromatic carbocycles. The maximum Gasteiger partial charge on any atom is 1.00 e. The second-order valence-electron chi connectivity index (χ2n) is 2.20. The first-order chi connectivity index (χ1) is 5.49. The summed E-state index contributed by atoms with van der Waals surface area (Å²) in [6.45, 7) is 1.67. The minimum Gasteiger partial charge on any atom is -1.00 e. The molecule has 1 rings (SSSR count). The Kier molecular flexibility index (Phi) is 4.87. The molecule has 0 saturated heterocycles. The van der Waals surface area contributed by atoms with Crippen LogP contribution in [0.15, 0.2) is 18.3 Å². The van der Waals surface area contributed by atoms with Crippen LogP contribution in [0.3, 0.4) is 0 Å². The second-order valence-corrected chi connectivity index (χ2v) is 3.35. The molecule has 0 bridgehead atoms. The summed E-state index contributed by atoms with van der Waals surface area (Å²) in [5, 5.41) is 4.65. The first-order valence-electron chi connectivity index (χ1n) is 3.13. The van der Waals surface area contributed by atoms with Crippen LogP contribution in [-0.4, -0.2) is 13.4 Å². The van der Waals surface area contributed by atoms with E-state index in [4.69, 9.17) is 0 Å². The monoisotopic (exact) mass is 212 g/mol. The average Bonchev–Trinajstić information content (AvgIpc) is 1.91. The van der Waals surface area contributed by atoms with E-state index in [1.165, 1.54) is 6.20 Å². The van der Waals surface area contributed by atoms with Crippen LogP contribution in [0.25, 0.3) is 0 Å². The van der Waals surface area contributed by atoms with Gasteiger partial charge in [0.05, 0.1) is 0 Å². The smallest absolute Gasteiger partial charge is 1.00 e. The molecule has 0 aliphatic carbocycles. The summed E-state index contributed by atoms with van der Waals surface area (Å²) in [5.41, 5.74) is 0.617. The molecule has 0 radical (unpaired) electrons. The van der Waals surface area contributed by atoms with Crippen molar-refractivity contribution in [3.8, 4) is 5.88 Å². The Labute approximate surface area is 100 Å². The maximum absolute atomic E-state index is 10.5. The number of nitrogens with zero attached hydrogens (tertiary/aromatic N) is 1. The van der Waals surface area contributed by atoms with E-state index < -0.39 is 10.3 Å². The van der Waals surface area contributed by atoms with Gasteiger partial charge in [-0.3, -0.25) is 0 Å². The summed E-state index contributed by atoms with van der Waals surface area (Å²) in [4.78, 5) is 3.68. The van der Waals surface area contributed by atoms with Crippen molar-refractivity contribution in [2.45, 2.75) is 6.92 Å². The number of hydrogen-bond acceptors (Lipinski definition) is 4. The first-order valence-corrected chi connectivity index (χ1v) is 4.60. The maximum atomic E-state index is 10.5. The van der Waals surface area contributed by atoms with Gasteiger partial charge < -0.3 is 5.61 Å². The van der Waals surface area contributed by atoms with Crippen LogP contribution in [0.4, 0.5) is 0 Å². The Morgan fingerprint density at radius 2 is 2.23 bits per heavy atom. The Hall–Kier alpha value is -0.140. The van der Waals surface area contributed by atoms with Crippen molar-refractivity contribution in [2.75, 3.05) is 0 Å². The summed E-state index contributed by atoms with van der Waals surface area (Å²) in [7, 11) is -3.96. The Bertz CT molecular complexity index is 384. The second kappa shape index (κ2) is 4.92. The third-order valence-electron chi connectivity index (χ3n) is 1.16. The molecule has 0 fully saturated rings. The molecule has 0 spiro atoms. The fraction of sp³-hybridized carbons (Fsp3) is 0.167. The standard InChI is InChI=1S/C6H8N2O3S.Na.H/c1-5-3-2-4-8-6(5)11-12(7,9)10;;/h2-4H,1H3,(H2,7,9,10);;/q;+1;-1. The van der Waals surface area contributed by atoms with Crippen LogP contribution < -0.4 is 38.9 Å². The largest absolute Gasteiger partial charge is 1.00 e. The third kappa shape index (κ3) is 4.58. The van der Waals surface area contributed by atoms with Crippen LogP contribution >= 0.6 is 0 Å². The fourth-order valence-corrected chi connectivity index (χ4v) is 1.06. The first kappa shape index (κ1) is 12.9. The van der Waals surface area contributed by atoms with Gasteiger partial charge in [-0.15, -0.1) is 0 Å². The van der Waals surface area contributed by atoms with Crippen molar-refractivity contribution in [3.63, 3.8) is 0 Å². The Morgan fingerprint density at radius 3 is 2.69 bits per heavy atom. The van der Waals surface area contributed by atoms with Gasteiger partial charge in [0, 0.05) is 11.8 Å². The fourth-order valence-electron chi connectivity index (χ4n) is 0.668. The van der Waals surface area contributed by atoms with E-state index in [9.17, 15) is 8.42 Å². The van der Waals surface area contributed by atoms with Gasteiger partial charge >= 0.3 is 39.9 Å². The molecule has 1 aromatic rings. The van der Waals surface area contributed by atoms with Crippen molar-refractivity contribution in [1.29, 1.82) is 0 Å². The third-order valence-corrected chi connectivity index (χ3v) is 1.55. The Balaban J connectivity index is 0. The van der Waals surface area contributed by atoms with Gasteiger partial charge in [0.15, 0.2) is 0 Å². The van der Waals surface area contributed by atoms with E-state index in [0.717, 1.165) is 0 Å². The average molecular weight is 212 g/mol. The number of nitrogens with two attached hydrogens (primary N) is 1. The quantitative estimate of drug-likeness (QED) is 0.533. The van der Waals surface area contributed by atoms with Gasteiger partial charge in [-0.1, -0.05) is 6.07 Å². The predicted octanol–water partition coefficient (Wildman–Crippen LogP) is -2.91. The van der Waals surface area contributed by atoms with E-state index in [0.29, 0.717) is 5.56 Å². The summed E-state index contributed by atoms with van der Waals surface area (Å²) in [6.07, 6.45) is 1.42. The molecule has 0 atom stereocenters. The topological polar surface area (TPSA) is 82.3 Å². The normalized spacial score (nSPS) is 10.3. The Morgan fingerprint density at radius 1 is 1.62 bits per heavy atom. The predicted molar refractivity (Wildman–Crippen MR) is 43.8 cm³/mol. The van der Waals surface area contributed by atoms with Gasteiger partial charge in [-0.25, -0.2) is 4.98 Å². The van der Waals surface area contributed by atoms with Crippen molar-refractivity contribution >= 4 is 10.3 Å². The van der Waals surface area contributed by atoms with Crippen molar-refractivity contribution in [3.05, 3.63) is 23.9 Å². The SMILES string of the molecule is Cc1cccnc1OS(N)(=O)=O.[H-].[Na+]. The molecule has 5 nitrogen and oxygen atoms in total. The van der Waals surface area contributed by atoms with Crippen LogP contribution in [0.1, 0.15) is 6.99 Å². The molecule has 13 heavy (non-hydrogen) atoms. The van der Waals surface area contributed by atoms with Gasteiger partial charge in [0.25, 0.3) is 0 Å². The molecule has 1 aromatic heterocycles. The minimum absolute atomic E-state index is 0. The molecular formula is C6H9N2NaO3S. The van der Waals surface area contributed by atoms with Crippen LogP contribution in [-0.2, 0) is 10.3 Å². The molecular weight excluding hydrogens is 203 g/mol. The van der Waals surface area contributed by atoms with Gasteiger partial charge in [-0.2, -0.15) is 13.6 Å². The minimum atomic E-state index is -3.96. The zero-order valence-corrected chi connectivity index (χ0v) is 10.2. The van der Waals surface area contributed by atoms with E-state index in [1.807, 2.05) is 0 Å². The number of pyridine rings is 1. The molecule has 0 aliphatic rings. The molecule has 0 saturated carbocycles. The molecule has 68 valence electrons. The molecule has 7 heteroatoms. The number of rotatable bonds is 2. The van der Waals surface area contributed by atoms with E-state index in [-0.39, 0.29) is 36.9 Å². The number of aryl methyl sites for hydroxylation is 1. The van der Waals surface area contributed by atoms with Crippen LogP contribution in [0, 0.1) is 6.92 Å². The van der Waals surface area contributed by atoms with Crippen molar-refractivity contribution in [1.82, 2.24) is 4.98 Å². The zero-order chi connectivity index (χ0) is 9.19. The summed E-state index contributed by atoms with van der Waals surface area (Å²) in [6, 6.07) is 3.35. The van der Waals surface area contributed by atoms with Crippen LogP contribution in [0.5, 0.6) is 5.88 Å². The van der Waals surface area contributed by atoms with Gasteiger partial charge in [-0.05, 0) is 13.0 Å². The van der Waals surface area contributed by atoms with Gasteiger partial charge in [0.1, 0.15) is 0 Å². The summed E-state index contributed by atoms with van der Waals surface area (Å²) < 4.78 is 25.3. The number of aromatic nitrogens is 1. The van der Waals surface area contributed by atoms with E-state index in [1.54, 1.807) is 19.1 Å². The van der Waals surface area contributed by atoms with Gasteiger partial charge in [0.2, 0.25) is 5.88 Å². The molecule has 0 aliphatic heterocycles. The zero-order valence-electron chi connectivity index (χ0n) is 8.39. The van der Waals surface area contributed by atoms with Crippen LogP contribution in [0.2, 0.25) is 0 Å². The molecule has 1 heterocycles. The van der Waals surface area contributed by atoms with Crippen molar-refractivity contribution < 1.29 is 43.6 Å². The van der Waals surface area contributed by atoms with E-state index >= 15 is 0 Å². The summed E-state index contributed by atoms with van der Waals surface area (Å²) in [5.74, 6) is 0.0139. The molecule has 0 amide bonds. The summed E-state index contributed by atoms with van der Waals surface area (Å²) >= 11 is 0. The number of hydrogen-bond donors (Lipinski definition) is 1. The molecule has 2 N–H and O–H groups in total. The molecule has 0 unspecified atom stereocenters. The van der Waals surface area contributed by atoms with Crippen molar-refractivity contribution in [2.24, 2.45) is 5.14 Å². The van der Waals surface area contributed by atoms with E-state index in [2.05, 4.69) is 14.3 Å².